The van der Waals surface area contributed by atoms with Crippen LogP contribution in [0.4, 0.5) is 5.95 Å². The van der Waals surface area contributed by atoms with Crippen LogP contribution in [-0.4, -0.2) is 53.2 Å². The summed E-state index contributed by atoms with van der Waals surface area (Å²) in [6.07, 6.45) is 4.79. The molecule has 1 atom stereocenters. The molecule has 40 heavy (non-hydrogen) atoms. The number of ether oxygens (including phenoxy) is 2. The Morgan fingerprint density at radius 2 is 2.02 bits per heavy atom. The van der Waals surface area contributed by atoms with Crippen molar-refractivity contribution in [2.24, 2.45) is 5.92 Å². The molecule has 3 aromatic rings. The monoisotopic (exact) mass is 614 g/mol. The quantitative estimate of drug-likeness (QED) is 0.195. The van der Waals surface area contributed by atoms with Crippen molar-refractivity contribution in [3.05, 3.63) is 74.6 Å². The number of esters is 1. The number of pyridine rings is 1. The lowest BCUT2D eigenvalue weighted by Gasteiger charge is -2.20. The molecule has 0 unspecified atom stereocenters. The molecule has 0 saturated carbocycles. The average Bonchev–Trinajstić information content (AvgIpc) is 3.39. The van der Waals surface area contributed by atoms with Crippen LogP contribution in [0, 0.1) is 16.3 Å². The van der Waals surface area contributed by atoms with Gasteiger partial charge < -0.3 is 24.8 Å². The molecule has 1 amide bonds. The number of rotatable bonds is 11. The first-order chi connectivity index (χ1) is 19.2. The maximum absolute atomic E-state index is 13.3. The minimum absolute atomic E-state index is 0.0160. The molecule has 1 aliphatic rings. The second-order valence-electron chi connectivity index (χ2n) is 9.81. The summed E-state index contributed by atoms with van der Waals surface area (Å²) in [7, 11) is 1.66. The van der Waals surface area contributed by atoms with Crippen molar-refractivity contribution in [1.29, 1.82) is 0 Å². The number of aromatic nitrogens is 4. The number of carbonyl (C=O) groups is 2. The number of benzene rings is 1. The smallest absolute Gasteiger partial charge is 0.460 e. The Morgan fingerprint density at radius 1 is 1.23 bits per heavy atom. The van der Waals surface area contributed by atoms with Crippen molar-refractivity contribution in [2.75, 3.05) is 25.5 Å². The Bertz CT molecular complexity index is 1430. The zero-order valence-corrected chi connectivity index (χ0v) is 24.1. The summed E-state index contributed by atoms with van der Waals surface area (Å²) < 4.78 is 12.2. The zero-order valence-electron chi connectivity index (χ0n) is 22.5. The molecule has 0 fully saturated rings. The van der Waals surface area contributed by atoms with Crippen LogP contribution in [0.3, 0.4) is 0 Å². The van der Waals surface area contributed by atoms with Crippen LogP contribution in [-0.2, 0) is 20.7 Å². The second-order valence-corrected chi connectivity index (χ2v) is 10.7. The molecule has 0 bridgehead atoms. The van der Waals surface area contributed by atoms with Crippen LogP contribution in [0.25, 0.3) is 11.0 Å². The van der Waals surface area contributed by atoms with Crippen LogP contribution in [0.5, 0.6) is 0 Å². The van der Waals surface area contributed by atoms with Gasteiger partial charge in [0.2, 0.25) is 5.10 Å². The minimum atomic E-state index is -0.552. The van der Waals surface area contributed by atoms with Gasteiger partial charge in [0.05, 0.1) is 30.3 Å². The number of anilines is 1. The first-order valence-corrected chi connectivity index (χ1v) is 13.7. The summed E-state index contributed by atoms with van der Waals surface area (Å²) >= 11 is 3.26. The van der Waals surface area contributed by atoms with Gasteiger partial charge in [0, 0.05) is 54.3 Å². The maximum atomic E-state index is 13.3. The van der Waals surface area contributed by atoms with Gasteiger partial charge in [0.1, 0.15) is 5.76 Å². The van der Waals surface area contributed by atoms with Gasteiger partial charge in [0.15, 0.2) is 5.52 Å². The number of amides is 1. The van der Waals surface area contributed by atoms with E-state index in [-0.39, 0.29) is 42.0 Å². The second kappa shape index (κ2) is 13.0. The van der Waals surface area contributed by atoms with Gasteiger partial charge in [0.25, 0.3) is 5.91 Å². The van der Waals surface area contributed by atoms with Crippen molar-refractivity contribution in [3.8, 4) is 0 Å². The summed E-state index contributed by atoms with van der Waals surface area (Å²) in [6.45, 7) is 4.61. The van der Waals surface area contributed by atoms with Gasteiger partial charge in [-0.3, -0.25) is 19.9 Å². The van der Waals surface area contributed by atoms with E-state index < -0.39 is 5.97 Å². The highest BCUT2D eigenvalue weighted by molar-refractivity contribution is 9.10. The third-order valence-electron chi connectivity index (χ3n) is 6.37. The number of fused-ring (bicyclic) bond motifs is 1. The van der Waals surface area contributed by atoms with Crippen LogP contribution < -0.4 is 14.9 Å². The summed E-state index contributed by atoms with van der Waals surface area (Å²) in [6, 6.07) is 8.09. The highest BCUT2D eigenvalue weighted by Gasteiger charge is 2.26. The first-order valence-electron chi connectivity index (χ1n) is 12.9. The molecule has 212 valence electrons. The predicted molar refractivity (Wildman–Crippen MR) is 148 cm³/mol. The normalized spacial score (nSPS) is 13.9. The molecule has 0 radical (unpaired) electrons. The standard InChI is InChI=1S/C27H31BrN6O6/c1-17(2)13-20(39-3)15-22-21(5-4-10-29-22)26(36)32-12-9-19(16-32)40-25(35)8-11-30-27-31-34(38)24-14-18(28)6-7-23(24)33(27)37/h4-7,10,14,16-17,20H,8-9,11-13,15H2,1-3H3,(H,30,31)/t20-/m1/s1. The molecule has 0 aliphatic carbocycles. The Labute approximate surface area is 239 Å². The van der Waals surface area contributed by atoms with Crippen molar-refractivity contribution < 1.29 is 28.6 Å². The molecule has 4 rings (SSSR count). The molecule has 0 spiro atoms. The van der Waals surface area contributed by atoms with E-state index in [4.69, 9.17) is 9.47 Å². The number of nitrogens with zero attached hydrogens (tertiary/aromatic N) is 5. The number of carbonyl (C=O) groups excluding carboxylic acids is 2. The Kier molecular flexibility index (Phi) is 9.48. The fourth-order valence-electron chi connectivity index (χ4n) is 4.42. The lowest BCUT2D eigenvalue weighted by Crippen LogP contribution is -2.44. The topological polar surface area (TPSA) is 148 Å². The molecule has 1 aliphatic heterocycles. The molecular weight excluding hydrogens is 584 g/mol. The van der Waals surface area contributed by atoms with E-state index in [9.17, 15) is 20.0 Å². The van der Waals surface area contributed by atoms with Crippen LogP contribution in [0.15, 0.2) is 53.0 Å². The Hall–Kier alpha value is -3.84. The van der Waals surface area contributed by atoms with Gasteiger partial charge >= 0.3 is 17.4 Å². The van der Waals surface area contributed by atoms with Crippen LogP contribution >= 0.6 is 15.9 Å². The van der Waals surface area contributed by atoms with E-state index >= 15 is 0 Å². The number of nitrogens with one attached hydrogen (secondary N) is 1. The highest BCUT2D eigenvalue weighted by Crippen LogP contribution is 2.22. The SMILES string of the molecule is CO[C@@H](Cc1ncccc1C(=O)N1C=C(OC(=O)CCNc2n[n+]([O-])c3cc(Br)ccc3[n+]2[O-])CC1)CC(C)C. The summed E-state index contributed by atoms with van der Waals surface area (Å²) in [4.78, 5) is 32.0. The van der Waals surface area contributed by atoms with Crippen molar-refractivity contribution in [1.82, 2.24) is 15.0 Å². The average molecular weight is 615 g/mol. The van der Waals surface area contributed by atoms with Crippen LogP contribution in [0.1, 0.15) is 49.2 Å². The van der Waals surface area contributed by atoms with Crippen LogP contribution in [0.2, 0.25) is 0 Å². The number of hydrogen-bond acceptors (Lipinski definition) is 9. The van der Waals surface area contributed by atoms with Gasteiger partial charge in [-0.05, 0) is 36.6 Å². The molecule has 0 saturated heterocycles. The fraction of sp³-hybridized carbons (Fsp3) is 0.407. The number of hydrogen-bond donors (Lipinski definition) is 1. The van der Waals surface area contributed by atoms with E-state index in [1.165, 1.54) is 23.2 Å². The lowest BCUT2D eigenvalue weighted by molar-refractivity contribution is -0.672. The first kappa shape index (κ1) is 29.2. The third-order valence-corrected chi connectivity index (χ3v) is 6.86. The maximum Gasteiger partial charge on any atom is 0.460 e. The number of halogens is 1. The molecular formula is C27H31BrN6O6. The summed E-state index contributed by atoms with van der Waals surface area (Å²) in [5.41, 5.74) is 1.38. The van der Waals surface area contributed by atoms with E-state index in [1.54, 1.807) is 31.5 Å². The van der Waals surface area contributed by atoms with Gasteiger partial charge in [-0.15, -0.1) is 0 Å². The van der Waals surface area contributed by atoms with E-state index in [2.05, 4.69) is 45.2 Å². The Morgan fingerprint density at radius 3 is 2.77 bits per heavy atom. The highest BCUT2D eigenvalue weighted by atomic mass is 79.9. The molecule has 3 heterocycles. The van der Waals surface area contributed by atoms with Gasteiger partial charge in [-0.2, -0.15) is 0 Å². The molecule has 1 N–H and O–H groups in total. The third kappa shape index (κ3) is 7.02. The predicted octanol–water partition coefficient (Wildman–Crippen LogP) is 3.00. The van der Waals surface area contributed by atoms with Gasteiger partial charge in [-0.25, -0.2) is 4.73 Å². The number of methoxy groups -OCH3 is 1. The van der Waals surface area contributed by atoms with E-state index in [0.717, 1.165) is 6.42 Å². The minimum Gasteiger partial charge on any atom is -0.739 e. The Balaban J connectivity index is 1.34. The van der Waals surface area contributed by atoms with Crippen molar-refractivity contribution >= 4 is 44.8 Å². The van der Waals surface area contributed by atoms with E-state index in [1.807, 2.05) is 0 Å². The molecule has 2 aromatic heterocycles. The lowest BCUT2D eigenvalue weighted by atomic mass is 9.99. The van der Waals surface area contributed by atoms with E-state index in [0.29, 0.717) is 56.4 Å². The molecule has 12 nitrogen and oxygen atoms in total. The zero-order chi connectivity index (χ0) is 28.8. The van der Waals surface area contributed by atoms with Crippen molar-refractivity contribution in [3.63, 3.8) is 0 Å². The van der Waals surface area contributed by atoms with Crippen molar-refractivity contribution in [2.45, 2.75) is 45.6 Å². The molecule has 1 aromatic carbocycles. The van der Waals surface area contributed by atoms with Gasteiger partial charge in [-0.1, -0.05) is 29.8 Å². The fourth-order valence-corrected chi connectivity index (χ4v) is 4.77. The summed E-state index contributed by atoms with van der Waals surface area (Å²) in [5, 5.41) is 31.2. The largest absolute Gasteiger partial charge is 0.739 e. The summed E-state index contributed by atoms with van der Waals surface area (Å²) in [5.74, 6) is -0.202. The molecule has 13 heteroatoms.